The van der Waals surface area contributed by atoms with Crippen molar-refractivity contribution in [3.8, 4) is 0 Å². The van der Waals surface area contributed by atoms with Gasteiger partial charge in [-0.3, -0.25) is 4.90 Å². The molecule has 0 bridgehead atoms. The summed E-state index contributed by atoms with van der Waals surface area (Å²) in [5.41, 5.74) is 0. The van der Waals surface area contributed by atoms with Gasteiger partial charge in [-0.2, -0.15) is 12.6 Å². The number of nitrogens with zero attached hydrogens (tertiary/aromatic N) is 1. The number of thiol groups is 1. The first kappa shape index (κ1) is 12.3. The van der Waals surface area contributed by atoms with Crippen molar-refractivity contribution in [2.75, 3.05) is 39.2 Å². The van der Waals surface area contributed by atoms with Crippen molar-refractivity contribution in [1.82, 2.24) is 4.90 Å². The van der Waals surface area contributed by atoms with Crippen LogP contribution in [0.2, 0.25) is 0 Å². The quantitative estimate of drug-likeness (QED) is 0.533. The van der Waals surface area contributed by atoms with Crippen molar-refractivity contribution in [1.29, 1.82) is 0 Å². The van der Waals surface area contributed by atoms with Gasteiger partial charge in [-0.25, -0.2) is 0 Å². The van der Waals surface area contributed by atoms with Crippen LogP contribution in [0, 0.1) is 0 Å². The largest absolute Gasteiger partial charge is 0.379 e. The van der Waals surface area contributed by atoms with Crippen molar-refractivity contribution >= 4 is 12.6 Å². The zero-order valence-corrected chi connectivity index (χ0v) is 10.0. The summed E-state index contributed by atoms with van der Waals surface area (Å²) in [4.78, 5) is 2.33. The molecule has 1 aliphatic heterocycles. The third-order valence-corrected chi connectivity index (χ3v) is 2.91. The summed E-state index contributed by atoms with van der Waals surface area (Å²) in [5, 5.41) is 0. The number of hydrogen-bond donors (Lipinski definition) is 1. The Balaban J connectivity index is 2.11. The summed E-state index contributed by atoms with van der Waals surface area (Å²) in [7, 11) is 2.14. The predicted molar refractivity (Wildman–Crippen MR) is 61.1 cm³/mol. The molecule has 0 saturated carbocycles. The van der Waals surface area contributed by atoms with Crippen molar-refractivity contribution in [2.45, 2.75) is 25.5 Å². The molecule has 2 atom stereocenters. The maximum Gasteiger partial charge on any atom is 0.0702 e. The van der Waals surface area contributed by atoms with Crippen LogP contribution in [-0.4, -0.2) is 56.2 Å². The third kappa shape index (κ3) is 3.77. The van der Waals surface area contributed by atoms with Gasteiger partial charge in [0.1, 0.15) is 0 Å². The van der Waals surface area contributed by atoms with E-state index in [0.29, 0.717) is 12.1 Å². The van der Waals surface area contributed by atoms with Gasteiger partial charge in [0.2, 0.25) is 0 Å². The smallest absolute Gasteiger partial charge is 0.0702 e. The Labute approximate surface area is 92.2 Å². The van der Waals surface area contributed by atoms with E-state index in [1.165, 1.54) is 0 Å². The van der Waals surface area contributed by atoms with E-state index in [-0.39, 0.29) is 0 Å². The molecule has 0 aromatic heterocycles. The van der Waals surface area contributed by atoms with Gasteiger partial charge in [0.15, 0.2) is 0 Å². The van der Waals surface area contributed by atoms with Crippen molar-refractivity contribution in [2.24, 2.45) is 0 Å². The van der Waals surface area contributed by atoms with Crippen LogP contribution in [0.5, 0.6) is 0 Å². The van der Waals surface area contributed by atoms with Crippen LogP contribution in [0.4, 0.5) is 0 Å². The number of hydrogen-bond acceptors (Lipinski definition) is 4. The van der Waals surface area contributed by atoms with E-state index in [9.17, 15) is 0 Å². The van der Waals surface area contributed by atoms with Crippen LogP contribution in [0.3, 0.4) is 0 Å². The molecule has 1 saturated heterocycles. The Kier molecular flexibility index (Phi) is 5.86. The van der Waals surface area contributed by atoms with Crippen molar-refractivity contribution in [3.05, 3.63) is 0 Å². The molecule has 2 unspecified atom stereocenters. The Morgan fingerprint density at radius 1 is 1.50 bits per heavy atom. The first-order chi connectivity index (χ1) is 6.75. The highest BCUT2D eigenvalue weighted by molar-refractivity contribution is 7.80. The molecule has 84 valence electrons. The van der Waals surface area contributed by atoms with Crippen molar-refractivity contribution < 1.29 is 9.47 Å². The van der Waals surface area contributed by atoms with Gasteiger partial charge in [-0.05, 0) is 20.4 Å². The average Bonchev–Trinajstić information content (AvgIpc) is 2.59. The molecule has 0 radical (unpaired) electrons. The minimum atomic E-state index is 0.366. The lowest BCUT2D eigenvalue weighted by Gasteiger charge is -2.26. The van der Waals surface area contributed by atoms with E-state index in [0.717, 1.165) is 38.5 Å². The lowest BCUT2D eigenvalue weighted by atomic mass is 10.1. The van der Waals surface area contributed by atoms with E-state index in [1.807, 2.05) is 0 Å². The van der Waals surface area contributed by atoms with Crippen LogP contribution in [0.1, 0.15) is 13.3 Å². The van der Waals surface area contributed by atoms with Gasteiger partial charge < -0.3 is 9.47 Å². The summed E-state index contributed by atoms with van der Waals surface area (Å²) in [6, 6.07) is 0.564. The molecule has 14 heavy (non-hydrogen) atoms. The normalized spacial score (nSPS) is 27.4. The maximum atomic E-state index is 5.52. The van der Waals surface area contributed by atoms with Gasteiger partial charge in [-0.1, -0.05) is 0 Å². The second-order valence-electron chi connectivity index (χ2n) is 3.75. The minimum Gasteiger partial charge on any atom is -0.379 e. The Bertz CT molecular complexity index is 157. The second kappa shape index (κ2) is 6.67. The zero-order valence-electron chi connectivity index (χ0n) is 9.11. The molecule has 0 aromatic carbocycles. The third-order valence-electron chi connectivity index (χ3n) is 2.73. The molecule has 1 fully saturated rings. The molecule has 0 spiro atoms. The summed E-state index contributed by atoms with van der Waals surface area (Å²) in [6.07, 6.45) is 1.51. The van der Waals surface area contributed by atoms with Crippen LogP contribution in [0.25, 0.3) is 0 Å². The standard InChI is InChI=1S/C10H21NO2S/c1-9-10(3-5-13-9)11(2)4-6-12-7-8-14/h9-10,14H,3-8H2,1-2H3. The first-order valence-corrected chi connectivity index (χ1v) is 5.89. The van der Waals surface area contributed by atoms with Crippen LogP contribution in [-0.2, 0) is 9.47 Å². The number of likely N-dealkylation sites (N-methyl/N-ethyl adjacent to an activating group) is 1. The highest BCUT2D eigenvalue weighted by atomic mass is 32.1. The second-order valence-corrected chi connectivity index (χ2v) is 4.20. The summed E-state index contributed by atoms with van der Waals surface area (Å²) >= 11 is 4.09. The fourth-order valence-electron chi connectivity index (χ4n) is 1.84. The highest BCUT2D eigenvalue weighted by Crippen LogP contribution is 2.17. The van der Waals surface area contributed by atoms with E-state index in [4.69, 9.17) is 9.47 Å². The predicted octanol–water partition coefficient (Wildman–Crippen LogP) is 1.04. The molecule has 0 amide bonds. The first-order valence-electron chi connectivity index (χ1n) is 5.26. The Morgan fingerprint density at radius 2 is 2.29 bits per heavy atom. The lowest BCUT2D eigenvalue weighted by Crippen LogP contribution is -2.38. The van der Waals surface area contributed by atoms with Gasteiger partial charge in [-0.15, -0.1) is 0 Å². The summed E-state index contributed by atoms with van der Waals surface area (Å²) < 4.78 is 10.9. The van der Waals surface area contributed by atoms with E-state index >= 15 is 0 Å². The molecular formula is C10H21NO2S. The molecule has 3 nitrogen and oxygen atoms in total. The monoisotopic (exact) mass is 219 g/mol. The highest BCUT2D eigenvalue weighted by Gasteiger charge is 2.27. The molecule has 1 rings (SSSR count). The SMILES string of the molecule is CC1OCCC1N(C)CCOCCS. The van der Waals surface area contributed by atoms with Crippen LogP contribution in [0.15, 0.2) is 0 Å². The molecular weight excluding hydrogens is 198 g/mol. The fraction of sp³-hybridized carbons (Fsp3) is 1.00. The van der Waals surface area contributed by atoms with E-state index in [2.05, 4.69) is 31.5 Å². The lowest BCUT2D eigenvalue weighted by molar-refractivity contribution is 0.0650. The van der Waals surface area contributed by atoms with Gasteiger partial charge in [0, 0.05) is 24.9 Å². The maximum absolute atomic E-state index is 5.52. The molecule has 0 aliphatic carbocycles. The zero-order chi connectivity index (χ0) is 10.4. The molecule has 0 N–H and O–H groups in total. The number of ether oxygens (including phenoxy) is 2. The summed E-state index contributed by atoms with van der Waals surface area (Å²) in [6.45, 7) is 5.55. The molecule has 1 aliphatic rings. The van der Waals surface area contributed by atoms with Gasteiger partial charge in [0.05, 0.1) is 19.3 Å². The minimum absolute atomic E-state index is 0.366. The molecule has 1 heterocycles. The van der Waals surface area contributed by atoms with Crippen LogP contribution >= 0.6 is 12.6 Å². The molecule has 4 heteroatoms. The molecule has 0 aromatic rings. The Morgan fingerprint density at radius 3 is 2.86 bits per heavy atom. The van der Waals surface area contributed by atoms with E-state index < -0.39 is 0 Å². The number of rotatable bonds is 6. The Hall–Kier alpha value is 0.230. The average molecular weight is 219 g/mol. The van der Waals surface area contributed by atoms with Crippen molar-refractivity contribution in [3.63, 3.8) is 0 Å². The van der Waals surface area contributed by atoms with E-state index in [1.54, 1.807) is 0 Å². The fourth-order valence-corrected chi connectivity index (χ4v) is 1.97. The topological polar surface area (TPSA) is 21.7 Å². The van der Waals surface area contributed by atoms with Gasteiger partial charge >= 0.3 is 0 Å². The summed E-state index contributed by atoms with van der Waals surface area (Å²) in [5.74, 6) is 0.798. The van der Waals surface area contributed by atoms with Crippen LogP contribution < -0.4 is 0 Å². The van der Waals surface area contributed by atoms with Gasteiger partial charge in [0.25, 0.3) is 0 Å².